The maximum absolute atomic E-state index is 6.14. The predicted octanol–water partition coefficient (Wildman–Crippen LogP) is 3.76. The molecule has 2 aromatic heterocycles. The van der Waals surface area contributed by atoms with Gasteiger partial charge in [0.05, 0.1) is 6.20 Å². The Morgan fingerprint density at radius 3 is 2.94 bits per heavy atom. The number of nitrogens with two attached hydrogens (primary N) is 1. The summed E-state index contributed by atoms with van der Waals surface area (Å²) in [4.78, 5) is 5.24. The standard InChI is InChI=1S/C13H15BrN2OS/c1-2-11(15)13(12-4-3-5-18-12)17-10-6-9(14)7-16-8-10/h3-8,11,13H,2,15H2,1H3. The van der Waals surface area contributed by atoms with E-state index in [-0.39, 0.29) is 12.1 Å². The fraction of sp³-hybridized carbons (Fsp3) is 0.308. The van der Waals surface area contributed by atoms with Crippen LogP contribution in [0.1, 0.15) is 24.3 Å². The van der Waals surface area contributed by atoms with Gasteiger partial charge < -0.3 is 10.5 Å². The highest BCUT2D eigenvalue weighted by Crippen LogP contribution is 2.29. The van der Waals surface area contributed by atoms with E-state index in [4.69, 9.17) is 10.5 Å². The van der Waals surface area contributed by atoms with Gasteiger partial charge in [0.1, 0.15) is 11.9 Å². The zero-order valence-corrected chi connectivity index (χ0v) is 12.4. The van der Waals surface area contributed by atoms with Crippen molar-refractivity contribution in [1.29, 1.82) is 0 Å². The SMILES string of the molecule is CCC(N)C(Oc1cncc(Br)c1)c1cccs1. The lowest BCUT2D eigenvalue weighted by atomic mass is 10.1. The summed E-state index contributed by atoms with van der Waals surface area (Å²) < 4.78 is 6.88. The van der Waals surface area contributed by atoms with E-state index in [1.54, 1.807) is 23.7 Å². The summed E-state index contributed by atoms with van der Waals surface area (Å²) in [5, 5.41) is 2.03. The topological polar surface area (TPSA) is 48.1 Å². The molecule has 0 radical (unpaired) electrons. The van der Waals surface area contributed by atoms with Crippen LogP contribution in [0.2, 0.25) is 0 Å². The lowest BCUT2D eigenvalue weighted by Gasteiger charge is -2.23. The smallest absolute Gasteiger partial charge is 0.148 e. The van der Waals surface area contributed by atoms with Gasteiger partial charge in [-0.15, -0.1) is 11.3 Å². The fourth-order valence-electron chi connectivity index (χ4n) is 1.63. The van der Waals surface area contributed by atoms with Gasteiger partial charge in [0.2, 0.25) is 0 Å². The van der Waals surface area contributed by atoms with E-state index < -0.39 is 0 Å². The third-order valence-corrected chi connectivity index (χ3v) is 3.99. The zero-order valence-electron chi connectivity index (χ0n) is 10.0. The lowest BCUT2D eigenvalue weighted by molar-refractivity contribution is 0.174. The summed E-state index contributed by atoms with van der Waals surface area (Å²) in [5.41, 5.74) is 6.14. The minimum absolute atomic E-state index is 0.0253. The van der Waals surface area contributed by atoms with Crippen LogP contribution >= 0.6 is 27.3 Å². The van der Waals surface area contributed by atoms with Gasteiger partial charge in [-0.25, -0.2) is 0 Å². The molecule has 0 bridgehead atoms. The Labute approximate surface area is 119 Å². The monoisotopic (exact) mass is 326 g/mol. The Morgan fingerprint density at radius 2 is 2.33 bits per heavy atom. The third-order valence-electron chi connectivity index (χ3n) is 2.63. The number of rotatable bonds is 5. The highest BCUT2D eigenvalue weighted by molar-refractivity contribution is 9.10. The van der Waals surface area contributed by atoms with Crippen LogP contribution in [-0.4, -0.2) is 11.0 Å². The average molecular weight is 327 g/mol. The Balaban J connectivity index is 2.20. The van der Waals surface area contributed by atoms with Gasteiger partial charge in [0.25, 0.3) is 0 Å². The molecule has 0 saturated carbocycles. The van der Waals surface area contributed by atoms with E-state index in [2.05, 4.69) is 33.9 Å². The largest absolute Gasteiger partial charge is 0.482 e. The quantitative estimate of drug-likeness (QED) is 0.909. The second-order valence-electron chi connectivity index (χ2n) is 3.96. The molecule has 2 unspecified atom stereocenters. The van der Waals surface area contributed by atoms with Gasteiger partial charge in [0.15, 0.2) is 0 Å². The molecule has 0 amide bonds. The number of halogens is 1. The molecule has 0 spiro atoms. The molecule has 18 heavy (non-hydrogen) atoms. The van der Waals surface area contributed by atoms with E-state index in [1.165, 1.54) is 0 Å². The second-order valence-corrected chi connectivity index (χ2v) is 5.86. The molecular formula is C13H15BrN2OS. The molecule has 2 N–H and O–H groups in total. The van der Waals surface area contributed by atoms with Crippen LogP contribution in [-0.2, 0) is 0 Å². The predicted molar refractivity (Wildman–Crippen MR) is 77.9 cm³/mol. The van der Waals surface area contributed by atoms with Gasteiger partial charge in [0, 0.05) is 21.6 Å². The zero-order chi connectivity index (χ0) is 13.0. The highest BCUT2D eigenvalue weighted by Gasteiger charge is 2.21. The highest BCUT2D eigenvalue weighted by atomic mass is 79.9. The van der Waals surface area contributed by atoms with E-state index in [1.807, 2.05) is 17.5 Å². The van der Waals surface area contributed by atoms with Gasteiger partial charge in [-0.3, -0.25) is 4.98 Å². The van der Waals surface area contributed by atoms with Crippen LogP contribution in [0.3, 0.4) is 0 Å². The first-order valence-electron chi connectivity index (χ1n) is 5.77. The molecule has 2 aromatic rings. The maximum Gasteiger partial charge on any atom is 0.148 e. The van der Waals surface area contributed by atoms with E-state index >= 15 is 0 Å². The van der Waals surface area contributed by atoms with Crippen LogP contribution in [0.4, 0.5) is 0 Å². The number of ether oxygens (including phenoxy) is 1. The van der Waals surface area contributed by atoms with Gasteiger partial charge in [-0.05, 0) is 39.9 Å². The summed E-state index contributed by atoms with van der Waals surface area (Å²) in [5.74, 6) is 0.728. The third kappa shape index (κ3) is 3.31. The molecule has 0 fully saturated rings. The molecule has 0 saturated heterocycles. The van der Waals surface area contributed by atoms with Crippen molar-refractivity contribution >= 4 is 27.3 Å². The van der Waals surface area contributed by atoms with Crippen molar-refractivity contribution in [3.05, 3.63) is 45.3 Å². The van der Waals surface area contributed by atoms with Crippen molar-refractivity contribution < 1.29 is 4.74 Å². The molecule has 0 aliphatic carbocycles. The minimum Gasteiger partial charge on any atom is -0.482 e. The van der Waals surface area contributed by atoms with Gasteiger partial charge in [-0.1, -0.05) is 13.0 Å². The van der Waals surface area contributed by atoms with Crippen molar-refractivity contribution in [1.82, 2.24) is 4.98 Å². The van der Waals surface area contributed by atoms with Gasteiger partial charge >= 0.3 is 0 Å². The number of pyridine rings is 1. The van der Waals surface area contributed by atoms with Crippen molar-refractivity contribution in [2.24, 2.45) is 5.73 Å². The van der Waals surface area contributed by atoms with Gasteiger partial charge in [-0.2, -0.15) is 0 Å². The first-order valence-corrected chi connectivity index (χ1v) is 7.44. The summed E-state index contributed by atoms with van der Waals surface area (Å²) >= 11 is 5.04. The summed E-state index contributed by atoms with van der Waals surface area (Å²) in [7, 11) is 0. The molecule has 0 aliphatic heterocycles. The van der Waals surface area contributed by atoms with Crippen molar-refractivity contribution in [2.45, 2.75) is 25.5 Å². The number of aromatic nitrogens is 1. The molecule has 5 heteroatoms. The normalized spacial score (nSPS) is 14.2. The van der Waals surface area contributed by atoms with E-state index in [0.717, 1.165) is 21.5 Å². The molecule has 2 heterocycles. The molecule has 0 aromatic carbocycles. The Kier molecular flexibility index (Phi) is 4.74. The molecule has 2 rings (SSSR count). The molecule has 0 aliphatic rings. The van der Waals surface area contributed by atoms with E-state index in [9.17, 15) is 0 Å². The van der Waals surface area contributed by atoms with Crippen LogP contribution in [0.5, 0.6) is 5.75 Å². The minimum atomic E-state index is -0.119. The molecule has 2 atom stereocenters. The summed E-state index contributed by atoms with van der Waals surface area (Å²) in [6.07, 6.45) is 4.18. The lowest BCUT2D eigenvalue weighted by Crippen LogP contribution is -2.30. The van der Waals surface area contributed by atoms with E-state index in [0.29, 0.717) is 0 Å². The Bertz CT molecular complexity index is 489. The van der Waals surface area contributed by atoms with Crippen LogP contribution < -0.4 is 10.5 Å². The van der Waals surface area contributed by atoms with Crippen molar-refractivity contribution in [3.63, 3.8) is 0 Å². The van der Waals surface area contributed by atoms with Crippen molar-refractivity contribution in [3.8, 4) is 5.75 Å². The molecular weight excluding hydrogens is 312 g/mol. The fourth-order valence-corrected chi connectivity index (χ4v) is 2.80. The number of thiophene rings is 1. The first-order chi connectivity index (χ1) is 8.70. The first kappa shape index (κ1) is 13.5. The average Bonchev–Trinajstić information content (AvgIpc) is 2.89. The van der Waals surface area contributed by atoms with Crippen LogP contribution in [0.15, 0.2) is 40.4 Å². The number of hydrogen-bond donors (Lipinski definition) is 1. The Morgan fingerprint density at radius 1 is 1.50 bits per heavy atom. The number of nitrogens with zero attached hydrogens (tertiary/aromatic N) is 1. The summed E-state index contributed by atoms with van der Waals surface area (Å²) in [6.45, 7) is 2.06. The maximum atomic E-state index is 6.14. The van der Waals surface area contributed by atoms with Crippen molar-refractivity contribution in [2.75, 3.05) is 0 Å². The second kappa shape index (κ2) is 6.31. The Hall–Kier alpha value is -0.910. The molecule has 3 nitrogen and oxygen atoms in total. The summed E-state index contributed by atoms with van der Waals surface area (Å²) in [6, 6.07) is 5.94. The molecule has 96 valence electrons. The van der Waals surface area contributed by atoms with Crippen LogP contribution in [0, 0.1) is 0 Å². The number of hydrogen-bond acceptors (Lipinski definition) is 4. The van der Waals surface area contributed by atoms with Crippen LogP contribution in [0.25, 0.3) is 0 Å².